The lowest BCUT2D eigenvalue weighted by Gasteiger charge is -2.41. The average molecular weight is 370 g/mol. The van der Waals surface area contributed by atoms with Gasteiger partial charge < -0.3 is 14.2 Å². The minimum Gasteiger partial charge on any atom is -0.376 e. The van der Waals surface area contributed by atoms with Crippen LogP contribution >= 0.6 is 0 Å². The molecule has 0 N–H and O–H groups in total. The summed E-state index contributed by atoms with van der Waals surface area (Å²) in [4.78, 5) is 12.7. The fourth-order valence-electron chi connectivity index (χ4n) is 3.98. The topological polar surface area (TPSA) is 44.8 Å². The summed E-state index contributed by atoms with van der Waals surface area (Å²) in [7, 11) is 0. The Hall–Kier alpha value is -1.75. The van der Waals surface area contributed by atoms with Crippen LogP contribution in [0.3, 0.4) is 0 Å². The van der Waals surface area contributed by atoms with Gasteiger partial charge in [-0.3, -0.25) is 4.79 Å². The molecular weight excluding hydrogens is 340 g/mol. The molecule has 2 fully saturated rings. The van der Waals surface area contributed by atoms with Crippen molar-refractivity contribution in [2.24, 2.45) is 11.3 Å². The van der Waals surface area contributed by atoms with Crippen molar-refractivity contribution in [2.45, 2.75) is 45.5 Å². The van der Waals surface area contributed by atoms with E-state index >= 15 is 0 Å². The van der Waals surface area contributed by atoms with Gasteiger partial charge in [-0.05, 0) is 24.8 Å². The lowest BCUT2D eigenvalue weighted by molar-refractivity contribution is -0.138. The third kappa shape index (κ3) is 4.57. The van der Waals surface area contributed by atoms with Gasteiger partial charge in [0.25, 0.3) is 0 Å². The molecular formula is C23H30O4. The largest absolute Gasteiger partial charge is 0.376 e. The number of rotatable bonds is 7. The van der Waals surface area contributed by atoms with Gasteiger partial charge in [-0.25, -0.2) is 0 Å². The van der Waals surface area contributed by atoms with Crippen LogP contribution in [-0.2, 0) is 25.6 Å². The van der Waals surface area contributed by atoms with E-state index in [0.717, 1.165) is 17.6 Å². The second-order valence-electron chi connectivity index (χ2n) is 7.80. The summed E-state index contributed by atoms with van der Waals surface area (Å²) >= 11 is 0. The fourth-order valence-corrected chi connectivity index (χ4v) is 3.98. The molecule has 146 valence electrons. The van der Waals surface area contributed by atoms with Crippen LogP contribution < -0.4 is 0 Å². The molecule has 1 aliphatic carbocycles. The molecule has 3 rings (SSSR count). The predicted octanol–water partition coefficient (Wildman–Crippen LogP) is 4.45. The molecule has 2 aliphatic rings. The maximum Gasteiger partial charge on any atom is 0.169 e. The van der Waals surface area contributed by atoms with Gasteiger partial charge >= 0.3 is 0 Å². The van der Waals surface area contributed by atoms with Crippen molar-refractivity contribution in [3.8, 4) is 0 Å². The highest BCUT2D eigenvalue weighted by atomic mass is 16.7. The molecule has 0 amide bonds. The third-order valence-electron chi connectivity index (χ3n) is 5.88. The first-order valence-electron chi connectivity index (χ1n) is 9.74. The maximum atomic E-state index is 12.7. The number of hydrogen-bond acceptors (Lipinski definition) is 4. The lowest BCUT2D eigenvalue weighted by atomic mass is 9.64. The van der Waals surface area contributed by atoms with E-state index < -0.39 is 11.2 Å². The fraction of sp³-hybridized carbons (Fsp3) is 0.522. The van der Waals surface area contributed by atoms with Crippen molar-refractivity contribution in [2.75, 3.05) is 19.8 Å². The Morgan fingerprint density at radius 3 is 2.59 bits per heavy atom. The van der Waals surface area contributed by atoms with Crippen molar-refractivity contribution in [3.05, 3.63) is 60.2 Å². The van der Waals surface area contributed by atoms with Gasteiger partial charge in [0.05, 0.1) is 26.4 Å². The van der Waals surface area contributed by atoms with E-state index in [1.54, 1.807) is 0 Å². The molecule has 1 heterocycles. The van der Waals surface area contributed by atoms with Gasteiger partial charge in [0.1, 0.15) is 0 Å². The summed E-state index contributed by atoms with van der Waals surface area (Å²) < 4.78 is 17.4. The molecule has 0 unspecified atom stereocenters. The average Bonchev–Trinajstić information content (AvgIpc) is 3.11. The summed E-state index contributed by atoms with van der Waals surface area (Å²) in [6.07, 6.45) is 5.84. The van der Waals surface area contributed by atoms with Crippen LogP contribution in [0, 0.1) is 11.3 Å². The SMILES string of the molecule is C=C[C@]1(C)/C(=C/CC2(C)OCCO2)C(=O)CC[C@H]1COCc1ccccc1. The predicted molar refractivity (Wildman–Crippen MR) is 105 cm³/mol. The Balaban J connectivity index is 1.69. The molecule has 0 bridgehead atoms. The second kappa shape index (κ2) is 8.51. The van der Waals surface area contributed by atoms with Crippen LogP contribution in [0.4, 0.5) is 0 Å². The minimum atomic E-state index is -0.633. The van der Waals surface area contributed by atoms with E-state index in [4.69, 9.17) is 14.2 Å². The molecule has 27 heavy (non-hydrogen) atoms. The van der Waals surface area contributed by atoms with Crippen LogP contribution in [0.2, 0.25) is 0 Å². The Bertz CT molecular complexity index is 688. The number of carbonyl (C=O) groups excluding carboxylic acids is 1. The molecule has 4 nitrogen and oxygen atoms in total. The zero-order valence-electron chi connectivity index (χ0n) is 16.4. The van der Waals surface area contributed by atoms with Crippen LogP contribution in [-0.4, -0.2) is 31.4 Å². The molecule has 1 saturated heterocycles. The van der Waals surface area contributed by atoms with Crippen LogP contribution in [0.1, 0.15) is 38.7 Å². The Kier molecular flexibility index (Phi) is 6.30. The molecule has 1 saturated carbocycles. The van der Waals surface area contributed by atoms with E-state index in [2.05, 4.69) is 25.6 Å². The first-order valence-corrected chi connectivity index (χ1v) is 9.74. The van der Waals surface area contributed by atoms with E-state index in [-0.39, 0.29) is 11.7 Å². The molecule has 0 spiro atoms. The smallest absolute Gasteiger partial charge is 0.169 e. The van der Waals surface area contributed by atoms with Crippen LogP contribution in [0.5, 0.6) is 0 Å². The van der Waals surface area contributed by atoms with Gasteiger partial charge in [-0.15, -0.1) is 6.58 Å². The quantitative estimate of drug-likeness (QED) is 0.525. The molecule has 0 radical (unpaired) electrons. The van der Waals surface area contributed by atoms with Gasteiger partial charge in [0.15, 0.2) is 11.6 Å². The second-order valence-corrected chi connectivity index (χ2v) is 7.80. The highest BCUT2D eigenvalue weighted by Gasteiger charge is 2.42. The van der Waals surface area contributed by atoms with Crippen LogP contribution in [0.25, 0.3) is 0 Å². The minimum absolute atomic E-state index is 0.193. The summed E-state index contributed by atoms with van der Waals surface area (Å²) in [5.41, 5.74) is 1.57. The highest BCUT2D eigenvalue weighted by Crippen LogP contribution is 2.45. The number of Topliss-reactive ketones (excluding diaryl/α,β-unsaturated/α-hetero) is 1. The number of benzene rings is 1. The highest BCUT2D eigenvalue weighted by molar-refractivity contribution is 5.98. The van der Waals surface area contributed by atoms with Crippen molar-refractivity contribution < 1.29 is 19.0 Å². The number of ether oxygens (including phenoxy) is 3. The van der Waals surface area contributed by atoms with Crippen molar-refractivity contribution in [1.82, 2.24) is 0 Å². The molecule has 1 aliphatic heterocycles. The third-order valence-corrected chi connectivity index (χ3v) is 5.88. The number of ketones is 1. The van der Waals surface area contributed by atoms with Gasteiger partial charge in [0.2, 0.25) is 0 Å². The lowest BCUT2D eigenvalue weighted by Crippen LogP contribution is -2.39. The molecule has 2 atom stereocenters. The zero-order chi connectivity index (χ0) is 19.3. The van der Waals surface area contributed by atoms with Gasteiger partial charge in [0, 0.05) is 23.8 Å². The van der Waals surface area contributed by atoms with E-state index in [1.807, 2.05) is 37.3 Å². The summed E-state index contributed by atoms with van der Waals surface area (Å²) in [5, 5.41) is 0. The summed E-state index contributed by atoms with van der Waals surface area (Å²) in [6.45, 7) is 10.4. The Morgan fingerprint density at radius 2 is 1.93 bits per heavy atom. The van der Waals surface area contributed by atoms with E-state index in [9.17, 15) is 4.79 Å². The molecule has 0 aromatic heterocycles. The van der Waals surface area contributed by atoms with E-state index in [1.165, 1.54) is 0 Å². The maximum absolute atomic E-state index is 12.7. The molecule has 1 aromatic carbocycles. The van der Waals surface area contributed by atoms with E-state index in [0.29, 0.717) is 39.3 Å². The Labute approximate surface area is 162 Å². The first kappa shape index (κ1) is 20.0. The van der Waals surface area contributed by atoms with Crippen molar-refractivity contribution >= 4 is 5.78 Å². The first-order chi connectivity index (χ1) is 13.0. The van der Waals surface area contributed by atoms with Gasteiger partial charge in [-0.1, -0.05) is 49.4 Å². The zero-order valence-corrected chi connectivity index (χ0v) is 16.4. The van der Waals surface area contributed by atoms with Crippen molar-refractivity contribution in [3.63, 3.8) is 0 Å². The Morgan fingerprint density at radius 1 is 1.22 bits per heavy atom. The number of hydrogen-bond donors (Lipinski definition) is 0. The van der Waals surface area contributed by atoms with Crippen LogP contribution in [0.15, 0.2) is 54.6 Å². The molecule has 1 aromatic rings. The number of allylic oxidation sites excluding steroid dienone is 2. The standard InChI is InChI=1S/C23H30O4/c1-4-22(2)19(17-25-16-18-8-6-5-7-9-18)10-11-21(24)20(22)12-13-23(3)26-14-15-27-23/h4-9,12,19H,1,10-11,13-17H2,2-3H3/b20-12+/t19-,22-/m0/s1. The number of carbonyl (C=O) groups is 1. The monoisotopic (exact) mass is 370 g/mol. The summed E-state index contributed by atoms with van der Waals surface area (Å²) in [5.74, 6) is -0.217. The van der Waals surface area contributed by atoms with Gasteiger partial charge in [-0.2, -0.15) is 0 Å². The summed E-state index contributed by atoms with van der Waals surface area (Å²) in [6, 6.07) is 10.1. The molecule has 4 heteroatoms. The van der Waals surface area contributed by atoms with Crippen molar-refractivity contribution in [1.29, 1.82) is 0 Å². The normalized spacial score (nSPS) is 29.2.